The molecule has 1 aromatic heterocycles. The molecule has 47 heavy (non-hydrogen) atoms. The van der Waals surface area contributed by atoms with Gasteiger partial charge in [-0.3, -0.25) is 19.1 Å². The van der Waals surface area contributed by atoms with Crippen LogP contribution in [0.4, 0.5) is 26.3 Å². The van der Waals surface area contributed by atoms with Crippen LogP contribution in [-0.2, 0) is 23.9 Å². The highest BCUT2D eigenvalue weighted by molar-refractivity contribution is 5.84. The first-order chi connectivity index (χ1) is 22.2. The maximum Gasteiger partial charge on any atom is 0.416 e. The molecule has 4 bridgehead atoms. The van der Waals surface area contributed by atoms with E-state index in [1.165, 1.54) is 12.1 Å². The van der Waals surface area contributed by atoms with Gasteiger partial charge in [0.2, 0.25) is 5.91 Å². The van der Waals surface area contributed by atoms with E-state index in [1.54, 1.807) is 30.0 Å². The molecular formula is C35H31F6N3O3. The van der Waals surface area contributed by atoms with E-state index in [9.17, 15) is 27.2 Å². The van der Waals surface area contributed by atoms with E-state index in [4.69, 9.17) is 4.74 Å². The number of likely N-dealkylation sites (tertiary alicyclic amines) is 1. The van der Waals surface area contributed by atoms with E-state index < -0.39 is 47.1 Å². The number of halogens is 6. The molecule has 1 N–H and O–H groups in total. The number of hydrogen-bond acceptors (Lipinski definition) is 4. The van der Waals surface area contributed by atoms with Crippen molar-refractivity contribution in [2.24, 2.45) is 0 Å². The van der Waals surface area contributed by atoms with Crippen LogP contribution in [0.5, 0.6) is 11.5 Å². The lowest BCUT2D eigenvalue weighted by Crippen LogP contribution is -2.49. The fourth-order valence-electron chi connectivity index (χ4n) is 6.34. The van der Waals surface area contributed by atoms with Crippen LogP contribution in [-0.4, -0.2) is 41.2 Å². The predicted molar refractivity (Wildman–Crippen MR) is 163 cm³/mol. The van der Waals surface area contributed by atoms with Gasteiger partial charge in [0, 0.05) is 55.1 Å². The predicted octanol–water partition coefficient (Wildman–Crippen LogP) is 6.95. The number of benzene rings is 3. The summed E-state index contributed by atoms with van der Waals surface area (Å²) >= 11 is 0. The molecule has 12 heteroatoms. The molecular weight excluding hydrogens is 624 g/mol. The summed E-state index contributed by atoms with van der Waals surface area (Å²) in [5.41, 5.74) is 0.264. The zero-order valence-corrected chi connectivity index (χ0v) is 25.8. The highest BCUT2D eigenvalue weighted by Gasteiger charge is 2.37. The summed E-state index contributed by atoms with van der Waals surface area (Å²) in [5, 5.41) is 2.58. The third-order valence-corrected chi connectivity index (χ3v) is 8.61. The number of aromatic nitrogens is 1. The summed E-state index contributed by atoms with van der Waals surface area (Å²) in [5.74, 6) is -1.98. The number of amides is 1. The number of alkyl halides is 4. The van der Waals surface area contributed by atoms with Gasteiger partial charge in [-0.25, -0.2) is 13.2 Å². The standard InChI is InChI=1S/C35H31F6N3O3/c1-18-8-19(2)31-22-10-20(3)32(38)23(11-22)14-42-34(46)33(26-12-25(4-5-28(26)37)47-29(31)9-18)44-15-21(6-7-43-16-24(36)17-43)27(13-30(44)45)35(39,40)41/h4-5,8-13,15,24,33H,6-7,14,16-17H2,1-3H3,(H,42,46). The fourth-order valence-corrected chi connectivity index (χ4v) is 6.34. The second-order valence-corrected chi connectivity index (χ2v) is 12.2. The molecule has 2 aliphatic rings. The van der Waals surface area contributed by atoms with E-state index in [0.29, 0.717) is 28.5 Å². The molecule has 6 rings (SSSR count). The maximum absolute atomic E-state index is 15.7. The number of aryl methyl sites for hydroxylation is 3. The van der Waals surface area contributed by atoms with Crippen LogP contribution < -0.4 is 15.6 Å². The van der Waals surface area contributed by atoms with Crippen molar-refractivity contribution in [3.05, 3.63) is 116 Å². The molecule has 4 aromatic rings. The van der Waals surface area contributed by atoms with Gasteiger partial charge in [-0.15, -0.1) is 0 Å². The van der Waals surface area contributed by atoms with Crippen molar-refractivity contribution in [2.75, 3.05) is 19.6 Å². The minimum atomic E-state index is -4.90. The number of carbonyl (C=O) groups is 1. The molecule has 1 unspecified atom stereocenters. The number of nitrogens with zero attached hydrogens (tertiary/aromatic N) is 2. The van der Waals surface area contributed by atoms with Crippen LogP contribution in [0.3, 0.4) is 0 Å². The number of ether oxygens (including phenoxy) is 1. The maximum atomic E-state index is 15.7. The Morgan fingerprint density at radius 2 is 1.70 bits per heavy atom. The summed E-state index contributed by atoms with van der Waals surface area (Å²) < 4.78 is 93.7. The average Bonchev–Trinajstić information content (AvgIpc) is 2.97. The van der Waals surface area contributed by atoms with Gasteiger partial charge < -0.3 is 10.1 Å². The first kappa shape index (κ1) is 32.4. The van der Waals surface area contributed by atoms with Crippen LogP contribution in [0.1, 0.15) is 45.0 Å². The van der Waals surface area contributed by atoms with Crippen molar-refractivity contribution < 1.29 is 35.9 Å². The zero-order chi connectivity index (χ0) is 33.8. The van der Waals surface area contributed by atoms with Crippen molar-refractivity contribution in [2.45, 2.75) is 52.1 Å². The fraction of sp³-hybridized carbons (Fsp3) is 0.314. The number of hydrogen-bond donors (Lipinski definition) is 1. The first-order valence-electron chi connectivity index (χ1n) is 15.0. The van der Waals surface area contributed by atoms with Crippen LogP contribution in [0, 0.1) is 32.4 Å². The van der Waals surface area contributed by atoms with Gasteiger partial charge in [0.05, 0.1) is 5.56 Å². The minimum absolute atomic E-state index is 0.0729. The Balaban J connectivity index is 1.53. The van der Waals surface area contributed by atoms with Crippen molar-refractivity contribution in [3.63, 3.8) is 0 Å². The average molecular weight is 656 g/mol. The third kappa shape index (κ3) is 6.38. The molecule has 1 fully saturated rings. The number of fused-ring (bicyclic) bond motifs is 6. The summed E-state index contributed by atoms with van der Waals surface area (Å²) in [6, 6.07) is 9.11. The van der Waals surface area contributed by atoms with E-state index in [-0.39, 0.29) is 55.0 Å². The van der Waals surface area contributed by atoms with Crippen LogP contribution in [0.25, 0.3) is 11.1 Å². The molecule has 3 aromatic carbocycles. The molecule has 0 spiro atoms. The Morgan fingerprint density at radius 3 is 2.40 bits per heavy atom. The number of pyridine rings is 1. The molecule has 1 saturated heterocycles. The summed E-state index contributed by atoms with van der Waals surface area (Å²) in [6.07, 6.45) is -5.28. The topological polar surface area (TPSA) is 63.6 Å². The summed E-state index contributed by atoms with van der Waals surface area (Å²) in [6.45, 7) is 5.16. The molecule has 6 nitrogen and oxygen atoms in total. The molecule has 0 aliphatic carbocycles. The largest absolute Gasteiger partial charge is 0.457 e. The van der Waals surface area contributed by atoms with Crippen molar-refractivity contribution in [3.8, 4) is 22.6 Å². The van der Waals surface area contributed by atoms with Crippen molar-refractivity contribution in [1.82, 2.24) is 14.8 Å². The van der Waals surface area contributed by atoms with E-state index in [2.05, 4.69) is 5.32 Å². The van der Waals surface area contributed by atoms with Gasteiger partial charge in [-0.2, -0.15) is 13.2 Å². The Morgan fingerprint density at radius 1 is 0.957 bits per heavy atom. The lowest BCUT2D eigenvalue weighted by atomic mass is 9.94. The Bertz CT molecular complexity index is 1950. The van der Waals surface area contributed by atoms with Crippen molar-refractivity contribution in [1.29, 1.82) is 0 Å². The number of nitrogens with one attached hydrogen (secondary N) is 1. The molecule has 3 heterocycles. The second-order valence-electron chi connectivity index (χ2n) is 12.2. The summed E-state index contributed by atoms with van der Waals surface area (Å²) in [4.78, 5) is 28.9. The third-order valence-electron chi connectivity index (χ3n) is 8.61. The minimum Gasteiger partial charge on any atom is -0.457 e. The quantitative estimate of drug-likeness (QED) is 0.242. The molecule has 1 amide bonds. The smallest absolute Gasteiger partial charge is 0.416 e. The molecule has 246 valence electrons. The first-order valence-corrected chi connectivity index (χ1v) is 15.0. The Hall–Kier alpha value is -4.58. The number of carbonyl (C=O) groups excluding carboxylic acids is 1. The lowest BCUT2D eigenvalue weighted by Gasteiger charge is -2.34. The van der Waals surface area contributed by atoms with Gasteiger partial charge in [-0.1, -0.05) is 6.07 Å². The van der Waals surface area contributed by atoms with Crippen LogP contribution in [0.15, 0.2) is 59.5 Å². The Kier molecular flexibility index (Phi) is 8.41. The highest BCUT2D eigenvalue weighted by atomic mass is 19.4. The molecule has 0 saturated carbocycles. The van der Waals surface area contributed by atoms with Gasteiger partial charge in [-0.05, 0) is 91.4 Å². The van der Waals surface area contributed by atoms with Crippen molar-refractivity contribution >= 4 is 5.91 Å². The number of rotatable bonds is 4. The van der Waals surface area contributed by atoms with E-state index in [1.807, 2.05) is 19.9 Å². The highest BCUT2D eigenvalue weighted by Crippen LogP contribution is 2.40. The monoisotopic (exact) mass is 655 g/mol. The lowest BCUT2D eigenvalue weighted by molar-refractivity contribution is -0.138. The SMILES string of the molecule is Cc1cc(C)c2c(c1)Oc1ccc(F)c(c1)C(n1cc(CCN3CC(F)C3)c(C(F)(F)F)cc1=O)C(=O)NCc1cc-2cc(C)c1F. The zero-order valence-electron chi connectivity index (χ0n) is 25.8. The molecule has 1 atom stereocenters. The Labute approximate surface area is 266 Å². The van der Waals surface area contributed by atoms with Gasteiger partial charge in [0.25, 0.3) is 5.56 Å². The van der Waals surface area contributed by atoms with Gasteiger partial charge in [0.1, 0.15) is 35.3 Å². The normalized spacial score (nSPS) is 17.0. The molecule has 0 radical (unpaired) electrons. The van der Waals surface area contributed by atoms with Gasteiger partial charge in [0.15, 0.2) is 0 Å². The summed E-state index contributed by atoms with van der Waals surface area (Å²) in [7, 11) is 0. The van der Waals surface area contributed by atoms with E-state index in [0.717, 1.165) is 28.0 Å². The molecule has 2 aliphatic heterocycles. The van der Waals surface area contributed by atoms with Crippen LogP contribution >= 0.6 is 0 Å². The van der Waals surface area contributed by atoms with Crippen LogP contribution in [0.2, 0.25) is 0 Å². The second kappa shape index (κ2) is 12.2. The van der Waals surface area contributed by atoms with Gasteiger partial charge >= 0.3 is 6.18 Å². The van der Waals surface area contributed by atoms with E-state index >= 15 is 8.78 Å².